The van der Waals surface area contributed by atoms with Crippen LogP contribution in [0.4, 0.5) is 0 Å². The number of amides is 1. The molecule has 0 aliphatic heterocycles. The molecule has 0 heterocycles. The normalized spacial score (nSPS) is 16.2. The molecule has 0 radical (unpaired) electrons. The van der Waals surface area contributed by atoms with Crippen molar-refractivity contribution in [2.24, 2.45) is 5.92 Å². The van der Waals surface area contributed by atoms with E-state index in [0.717, 1.165) is 6.42 Å². The predicted octanol–water partition coefficient (Wildman–Crippen LogP) is 2.51. The number of carbonyl (C=O) groups is 1. The lowest BCUT2D eigenvalue weighted by atomic mass is 10.1. The van der Waals surface area contributed by atoms with Gasteiger partial charge < -0.3 is 9.64 Å². The van der Waals surface area contributed by atoms with E-state index in [2.05, 4.69) is 13.8 Å². The molecular weight excluding hydrogens is 314 g/mol. The summed E-state index contributed by atoms with van der Waals surface area (Å²) in [5, 5.41) is 0. The molecule has 1 aliphatic rings. The van der Waals surface area contributed by atoms with Crippen LogP contribution in [0.2, 0.25) is 0 Å². The SMILES string of the molecule is CC(C)CCOc1ccc(S(=O)(=O)C2(C(=O)N(C)C)CC2)cc1. The van der Waals surface area contributed by atoms with Crippen LogP contribution in [0.3, 0.4) is 0 Å². The Morgan fingerprint density at radius 1 is 1.22 bits per heavy atom. The minimum absolute atomic E-state index is 0.182. The number of benzene rings is 1. The highest BCUT2D eigenvalue weighted by Crippen LogP contribution is 2.48. The summed E-state index contributed by atoms with van der Waals surface area (Å²) in [4.78, 5) is 13.8. The van der Waals surface area contributed by atoms with E-state index >= 15 is 0 Å². The van der Waals surface area contributed by atoms with E-state index < -0.39 is 14.6 Å². The Labute approximate surface area is 138 Å². The molecule has 128 valence electrons. The van der Waals surface area contributed by atoms with Crippen molar-refractivity contribution < 1.29 is 17.9 Å². The van der Waals surface area contributed by atoms with Crippen LogP contribution in [0, 0.1) is 5.92 Å². The maximum absolute atomic E-state index is 12.8. The molecule has 6 heteroatoms. The summed E-state index contributed by atoms with van der Waals surface area (Å²) >= 11 is 0. The maximum Gasteiger partial charge on any atom is 0.243 e. The van der Waals surface area contributed by atoms with Gasteiger partial charge in [-0.2, -0.15) is 0 Å². The lowest BCUT2D eigenvalue weighted by Gasteiger charge is -2.20. The number of hydrogen-bond donors (Lipinski definition) is 0. The van der Waals surface area contributed by atoms with Crippen molar-refractivity contribution in [2.75, 3.05) is 20.7 Å². The van der Waals surface area contributed by atoms with Gasteiger partial charge in [-0.05, 0) is 49.4 Å². The van der Waals surface area contributed by atoms with Crippen molar-refractivity contribution >= 4 is 15.7 Å². The molecule has 0 saturated heterocycles. The summed E-state index contributed by atoms with van der Waals surface area (Å²) in [6, 6.07) is 6.37. The van der Waals surface area contributed by atoms with E-state index in [1.807, 2.05) is 0 Å². The van der Waals surface area contributed by atoms with Gasteiger partial charge in [-0.1, -0.05) is 13.8 Å². The quantitative estimate of drug-likeness (QED) is 0.766. The molecule has 1 saturated carbocycles. The van der Waals surface area contributed by atoms with Crippen LogP contribution in [-0.2, 0) is 14.6 Å². The smallest absolute Gasteiger partial charge is 0.243 e. The number of sulfone groups is 1. The first-order valence-corrected chi connectivity index (χ1v) is 9.38. The van der Waals surface area contributed by atoms with E-state index in [-0.39, 0.29) is 10.8 Å². The largest absolute Gasteiger partial charge is 0.494 e. The third-order valence-corrected chi connectivity index (χ3v) is 6.62. The van der Waals surface area contributed by atoms with Crippen molar-refractivity contribution in [3.05, 3.63) is 24.3 Å². The van der Waals surface area contributed by atoms with Gasteiger partial charge in [0, 0.05) is 14.1 Å². The summed E-state index contributed by atoms with van der Waals surface area (Å²) in [7, 11) is -0.495. The molecule has 5 nitrogen and oxygen atoms in total. The number of ether oxygens (including phenoxy) is 1. The van der Waals surface area contributed by atoms with Gasteiger partial charge in [0.15, 0.2) is 14.6 Å². The Morgan fingerprint density at radius 3 is 2.22 bits per heavy atom. The average Bonchev–Trinajstić information content (AvgIpc) is 3.28. The lowest BCUT2D eigenvalue weighted by Crippen LogP contribution is -2.41. The number of carbonyl (C=O) groups excluding carboxylic acids is 1. The zero-order valence-corrected chi connectivity index (χ0v) is 15.0. The molecule has 1 aromatic carbocycles. The standard InChI is InChI=1S/C17H25NO4S/c1-13(2)9-12-22-14-5-7-15(8-6-14)23(20,21)17(10-11-17)16(19)18(3)4/h5-8,13H,9-12H2,1-4H3. The fourth-order valence-electron chi connectivity index (χ4n) is 2.47. The van der Waals surface area contributed by atoms with Gasteiger partial charge in [-0.3, -0.25) is 4.79 Å². The molecule has 1 aliphatic carbocycles. The predicted molar refractivity (Wildman–Crippen MR) is 89.2 cm³/mol. The summed E-state index contributed by atoms with van der Waals surface area (Å²) in [6.45, 7) is 4.85. The molecule has 0 N–H and O–H groups in total. The van der Waals surface area contributed by atoms with E-state index in [0.29, 0.717) is 31.1 Å². The molecular formula is C17H25NO4S. The van der Waals surface area contributed by atoms with E-state index in [9.17, 15) is 13.2 Å². The number of rotatable bonds is 7. The average molecular weight is 339 g/mol. The Kier molecular flexibility index (Phi) is 5.04. The summed E-state index contributed by atoms with van der Waals surface area (Å²) in [5.41, 5.74) is 0. The Bertz CT molecular complexity index is 658. The first kappa shape index (κ1) is 17.8. The van der Waals surface area contributed by atoms with E-state index in [4.69, 9.17) is 4.74 Å². The first-order chi connectivity index (χ1) is 10.7. The van der Waals surface area contributed by atoms with Crippen LogP contribution in [-0.4, -0.2) is 44.7 Å². The third kappa shape index (κ3) is 3.52. The molecule has 0 atom stereocenters. The second-order valence-electron chi connectivity index (χ2n) is 6.70. The highest BCUT2D eigenvalue weighted by molar-refractivity contribution is 7.94. The minimum atomic E-state index is -3.67. The molecule has 0 aromatic heterocycles. The Balaban J connectivity index is 2.14. The van der Waals surface area contributed by atoms with Crippen LogP contribution in [0.1, 0.15) is 33.1 Å². The van der Waals surface area contributed by atoms with Gasteiger partial charge in [0.1, 0.15) is 5.75 Å². The third-order valence-electron chi connectivity index (χ3n) is 4.11. The van der Waals surface area contributed by atoms with Gasteiger partial charge in [-0.25, -0.2) is 8.42 Å². The van der Waals surface area contributed by atoms with Gasteiger partial charge >= 0.3 is 0 Å². The Morgan fingerprint density at radius 2 is 1.78 bits per heavy atom. The van der Waals surface area contributed by atoms with E-state index in [1.54, 1.807) is 26.2 Å². The van der Waals surface area contributed by atoms with Crippen molar-refractivity contribution in [3.8, 4) is 5.75 Å². The molecule has 1 amide bonds. The molecule has 0 unspecified atom stereocenters. The van der Waals surface area contributed by atoms with Crippen LogP contribution < -0.4 is 4.74 Å². The molecule has 2 rings (SSSR count). The van der Waals surface area contributed by atoms with Crippen molar-refractivity contribution in [3.63, 3.8) is 0 Å². The van der Waals surface area contributed by atoms with Crippen molar-refractivity contribution in [1.82, 2.24) is 4.90 Å². The second-order valence-corrected chi connectivity index (χ2v) is 8.96. The van der Waals surface area contributed by atoms with Crippen LogP contribution in [0.25, 0.3) is 0 Å². The molecule has 1 fully saturated rings. The molecule has 0 spiro atoms. The summed E-state index contributed by atoms with van der Waals surface area (Å²) in [5.74, 6) is 0.865. The minimum Gasteiger partial charge on any atom is -0.494 e. The van der Waals surface area contributed by atoms with E-state index in [1.165, 1.54) is 17.0 Å². The lowest BCUT2D eigenvalue weighted by molar-refractivity contribution is -0.129. The Hall–Kier alpha value is -1.56. The van der Waals surface area contributed by atoms with Gasteiger partial charge in [-0.15, -0.1) is 0 Å². The fraction of sp³-hybridized carbons (Fsp3) is 0.588. The van der Waals surface area contributed by atoms with Crippen LogP contribution >= 0.6 is 0 Å². The zero-order valence-electron chi connectivity index (χ0n) is 14.2. The van der Waals surface area contributed by atoms with Crippen LogP contribution in [0.5, 0.6) is 5.75 Å². The highest BCUT2D eigenvalue weighted by atomic mass is 32.2. The zero-order chi connectivity index (χ0) is 17.3. The summed E-state index contributed by atoms with van der Waals surface area (Å²) in [6.07, 6.45) is 1.72. The molecule has 23 heavy (non-hydrogen) atoms. The van der Waals surface area contributed by atoms with Gasteiger partial charge in [0.25, 0.3) is 0 Å². The summed E-state index contributed by atoms with van der Waals surface area (Å²) < 4.78 is 29.9. The van der Waals surface area contributed by atoms with Gasteiger partial charge in [0.2, 0.25) is 5.91 Å². The topological polar surface area (TPSA) is 63.7 Å². The number of hydrogen-bond acceptors (Lipinski definition) is 4. The molecule has 1 aromatic rings. The highest BCUT2D eigenvalue weighted by Gasteiger charge is 2.61. The first-order valence-electron chi connectivity index (χ1n) is 7.90. The second kappa shape index (κ2) is 6.51. The monoisotopic (exact) mass is 339 g/mol. The fourth-order valence-corrected chi connectivity index (χ4v) is 4.47. The van der Waals surface area contributed by atoms with Crippen molar-refractivity contribution in [2.45, 2.75) is 42.8 Å². The van der Waals surface area contributed by atoms with Gasteiger partial charge in [0.05, 0.1) is 11.5 Å². The maximum atomic E-state index is 12.8. The number of nitrogens with zero attached hydrogens (tertiary/aromatic N) is 1. The molecule has 0 bridgehead atoms. The van der Waals surface area contributed by atoms with Crippen molar-refractivity contribution in [1.29, 1.82) is 0 Å². The van der Waals surface area contributed by atoms with Crippen LogP contribution in [0.15, 0.2) is 29.2 Å².